The summed E-state index contributed by atoms with van der Waals surface area (Å²) in [6.07, 6.45) is 1.09. The van der Waals surface area contributed by atoms with Crippen LogP contribution in [0.1, 0.15) is 23.3 Å². The number of hydrogen-bond donors (Lipinski definition) is 1. The Balaban J connectivity index is 1.91. The van der Waals surface area contributed by atoms with Gasteiger partial charge in [0.1, 0.15) is 0 Å². The van der Waals surface area contributed by atoms with Gasteiger partial charge in [-0.15, -0.1) is 11.3 Å². The number of aromatic nitrogens is 1. The highest BCUT2D eigenvalue weighted by Gasteiger charge is 2.24. The molecule has 19 heavy (non-hydrogen) atoms. The first-order valence-corrected chi connectivity index (χ1v) is 7.43. The standard InChI is InChI=1S/C15H18N2OS/c1-10-9-13-14(12-6-4-3-5-11(10)12)17-15(19-13)16-7-8-18-2/h3-6,10H,7-9H2,1-2H3,(H,16,17). The van der Waals surface area contributed by atoms with Crippen LogP contribution in [0.15, 0.2) is 24.3 Å². The number of rotatable bonds is 4. The zero-order valence-electron chi connectivity index (χ0n) is 11.3. The summed E-state index contributed by atoms with van der Waals surface area (Å²) >= 11 is 1.78. The van der Waals surface area contributed by atoms with Gasteiger partial charge in [-0.2, -0.15) is 0 Å². The molecule has 1 aliphatic carbocycles. The molecular weight excluding hydrogens is 256 g/mol. The average molecular weight is 274 g/mol. The molecule has 1 heterocycles. The summed E-state index contributed by atoms with van der Waals surface area (Å²) in [4.78, 5) is 6.14. The molecule has 3 rings (SSSR count). The Morgan fingerprint density at radius 2 is 2.26 bits per heavy atom. The van der Waals surface area contributed by atoms with Crippen LogP contribution in [0.5, 0.6) is 0 Å². The summed E-state index contributed by atoms with van der Waals surface area (Å²) < 4.78 is 5.05. The fourth-order valence-electron chi connectivity index (χ4n) is 2.57. The summed E-state index contributed by atoms with van der Waals surface area (Å²) in [6, 6.07) is 8.62. The van der Waals surface area contributed by atoms with Crippen molar-refractivity contribution in [3.05, 3.63) is 34.7 Å². The minimum atomic E-state index is 0.580. The quantitative estimate of drug-likeness (QED) is 0.866. The minimum Gasteiger partial charge on any atom is -0.383 e. The van der Waals surface area contributed by atoms with E-state index in [0.29, 0.717) is 12.5 Å². The molecule has 4 heteroatoms. The maximum atomic E-state index is 5.05. The molecule has 1 atom stereocenters. The second kappa shape index (κ2) is 5.31. The Morgan fingerprint density at radius 3 is 3.11 bits per heavy atom. The molecule has 0 amide bonds. The predicted octanol–water partition coefficient (Wildman–Crippen LogP) is 3.53. The molecule has 0 saturated heterocycles. The molecule has 0 bridgehead atoms. The van der Waals surface area contributed by atoms with Crippen LogP contribution >= 0.6 is 11.3 Å². The lowest BCUT2D eigenvalue weighted by molar-refractivity contribution is 0.211. The zero-order chi connectivity index (χ0) is 13.2. The van der Waals surface area contributed by atoms with Gasteiger partial charge in [0.25, 0.3) is 0 Å². The minimum absolute atomic E-state index is 0.580. The van der Waals surface area contributed by atoms with Gasteiger partial charge in [0, 0.05) is 24.1 Å². The lowest BCUT2D eigenvalue weighted by Crippen LogP contribution is -2.07. The van der Waals surface area contributed by atoms with Crippen LogP contribution in [0.4, 0.5) is 5.13 Å². The second-order valence-electron chi connectivity index (χ2n) is 4.90. The zero-order valence-corrected chi connectivity index (χ0v) is 12.1. The van der Waals surface area contributed by atoms with Gasteiger partial charge in [0.2, 0.25) is 0 Å². The summed E-state index contributed by atoms with van der Waals surface area (Å²) in [7, 11) is 1.71. The van der Waals surface area contributed by atoms with E-state index in [1.54, 1.807) is 18.4 Å². The van der Waals surface area contributed by atoms with E-state index in [4.69, 9.17) is 9.72 Å². The Bertz CT molecular complexity index is 579. The molecule has 3 nitrogen and oxygen atoms in total. The van der Waals surface area contributed by atoms with Crippen molar-refractivity contribution in [3.63, 3.8) is 0 Å². The van der Waals surface area contributed by atoms with Gasteiger partial charge in [0.05, 0.1) is 12.3 Å². The second-order valence-corrected chi connectivity index (χ2v) is 5.99. The third-order valence-corrected chi connectivity index (χ3v) is 4.55. The van der Waals surface area contributed by atoms with E-state index < -0.39 is 0 Å². The fraction of sp³-hybridized carbons (Fsp3) is 0.400. The molecule has 1 aromatic heterocycles. The van der Waals surface area contributed by atoms with Crippen LogP contribution in [0.2, 0.25) is 0 Å². The van der Waals surface area contributed by atoms with Gasteiger partial charge < -0.3 is 10.1 Å². The van der Waals surface area contributed by atoms with Crippen molar-refractivity contribution in [1.29, 1.82) is 0 Å². The van der Waals surface area contributed by atoms with E-state index in [-0.39, 0.29) is 0 Å². The van der Waals surface area contributed by atoms with Crippen LogP contribution in [0.3, 0.4) is 0 Å². The van der Waals surface area contributed by atoms with E-state index in [1.165, 1.54) is 21.7 Å². The number of hydrogen-bond acceptors (Lipinski definition) is 4. The summed E-state index contributed by atoms with van der Waals surface area (Å²) in [5.74, 6) is 0.580. The Kier molecular flexibility index (Phi) is 3.53. The first kappa shape index (κ1) is 12.6. The molecule has 0 aliphatic heterocycles. The lowest BCUT2D eigenvalue weighted by Gasteiger charge is -2.20. The van der Waals surface area contributed by atoms with Gasteiger partial charge in [-0.1, -0.05) is 31.2 Å². The number of fused-ring (bicyclic) bond motifs is 3. The SMILES string of the molecule is COCCNc1nc2c(s1)CC(C)c1ccccc1-2. The average Bonchev–Trinajstić information content (AvgIpc) is 2.82. The Labute approximate surface area is 117 Å². The summed E-state index contributed by atoms with van der Waals surface area (Å²) in [5, 5.41) is 4.34. The number of ether oxygens (including phenoxy) is 1. The van der Waals surface area contributed by atoms with E-state index in [0.717, 1.165) is 18.1 Å². The highest BCUT2D eigenvalue weighted by atomic mass is 32.1. The van der Waals surface area contributed by atoms with Crippen molar-refractivity contribution in [2.45, 2.75) is 19.3 Å². The van der Waals surface area contributed by atoms with Gasteiger partial charge in [0.15, 0.2) is 5.13 Å². The molecule has 1 unspecified atom stereocenters. The van der Waals surface area contributed by atoms with Gasteiger partial charge >= 0.3 is 0 Å². The normalized spacial score (nSPS) is 16.8. The van der Waals surface area contributed by atoms with Crippen LogP contribution in [-0.2, 0) is 11.2 Å². The van der Waals surface area contributed by atoms with Crippen LogP contribution in [0.25, 0.3) is 11.3 Å². The van der Waals surface area contributed by atoms with Crippen LogP contribution in [0, 0.1) is 0 Å². The van der Waals surface area contributed by atoms with E-state index in [2.05, 4.69) is 36.5 Å². The van der Waals surface area contributed by atoms with Crippen molar-refractivity contribution in [1.82, 2.24) is 4.98 Å². The number of anilines is 1. The monoisotopic (exact) mass is 274 g/mol. The number of nitrogens with zero attached hydrogens (tertiary/aromatic N) is 1. The molecule has 0 saturated carbocycles. The maximum Gasteiger partial charge on any atom is 0.183 e. The number of benzene rings is 1. The van der Waals surface area contributed by atoms with Crippen LogP contribution < -0.4 is 5.32 Å². The van der Waals surface area contributed by atoms with Gasteiger partial charge in [-0.3, -0.25) is 0 Å². The fourth-order valence-corrected chi connectivity index (χ4v) is 3.70. The molecule has 0 radical (unpaired) electrons. The van der Waals surface area contributed by atoms with E-state index in [9.17, 15) is 0 Å². The number of nitrogens with one attached hydrogen (secondary N) is 1. The largest absolute Gasteiger partial charge is 0.383 e. The molecule has 1 aromatic carbocycles. The third-order valence-electron chi connectivity index (χ3n) is 3.52. The summed E-state index contributed by atoms with van der Waals surface area (Å²) in [6.45, 7) is 3.80. The van der Waals surface area contributed by atoms with E-state index >= 15 is 0 Å². The third kappa shape index (κ3) is 2.38. The number of thiazole rings is 1. The molecule has 0 spiro atoms. The first-order valence-electron chi connectivity index (χ1n) is 6.61. The Morgan fingerprint density at radius 1 is 1.42 bits per heavy atom. The first-order chi connectivity index (χ1) is 9.29. The highest BCUT2D eigenvalue weighted by molar-refractivity contribution is 7.16. The molecular formula is C15H18N2OS. The molecule has 100 valence electrons. The Hall–Kier alpha value is -1.39. The van der Waals surface area contributed by atoms with Crippen LogP contribution in [-0.4, -0.2) is 25.2 Å². The lowest BCUT2D eigenvalue weighted by atomic mass is 9.86. The smallest absolute Gasteiger partial charge is 0.183 e. The van der Waals surface area contributed by atoms with Gasteiger partial charge in [-0.05, 0) is 17.9 Å². The predicted molar refractivity (Wildman–Crippen MR) is 80.0 cm³/mol. The highest BCUT2D eigenvalue weighted by Crippen LogP contribution is 2.42. The van der Waals surface area contributed by atoms with Crippen molar-refractivity contribution >= 4 is 16.5 Å². The topological polar surface area (TPSA) is 34.1 Å². The number of methoxy groups -OCH3 is 1. The molecule has 1 N–H and O–H groups in total. The van der Waals surface area contributed by atoms with Gasteiger partial charge in [-0.25, -0.2) is 4.98 Å². The molecule has 2 aromatic rings. The maximum absolute atomic E-state index is 5.05. The van der Waals surface area contributed by atoms with Crippen molar-refractivity contribution in [2.75, 3.05) is 25.6 Å². The molecule has 0 fully saturated rings. The van der Waals surface area contributed by atoms with Crippen molar-refractivity contribution < 1.29 is 4.74 Å². The van der Waals surface area contributed by atoms with Crippen molar-refractivity contribution in [3.8, 4) is 11.3 Å². The van der Waals surface area contributed by atoms with Crippen molar-refractivity contribution in [2.24, 2.45) is 0 Å². The molecule has 1 aliphatic rings. The van der Waals surface area contributed by atoms with E-state index in [1.807, 2.05) is 0 Å². The summed E-state index contributed by atoms with van der Waals surface area (Å²) in [5.41, 5.74) is 3.88.